The molecule has 0 radical (unpaired) electrons. The fourth-order valence-corrected chi connectivity index (χ4v) is 5.24. The second kappa shape index (κ2) is 6.21. The van der Waals surface area contributed by atoms with Gasteiger partial charge in [0.25, 0.3) is 5.91 Å². The Hall–Kier alpha value is -2.29. The number of nitrogens with zero attached hydrogens (tertiary/aromatic N) is 2. The first kappa shape index (κ1) is 16.2. The molecule has 4 aromatic rings. The van der Waals surface area contributed by atoms with Gasteiger partial charge in [-0.1, -0.05) is 6.07 Å². The van der Waals surface area contributed by atoms with Gasteiger partial charge in [0.15, 0.2) is 5.13 Å². The Morgan fingerprint density at radius 2 is 2.08 bits per heavy atom. The van der Waals surface area contributed by atoms with Crippen molar-refractivity contribution in [2.45, 2.75) is 13.8 Å². The Labute approximate surface area is 156 Å². The van der Waals surface area contributed by atoms with Gasteiger partial charge in [-0.05, 0) is 36.9 Å². The predicted molar refractivity (Wildman–Crippen MR) is 107 cm³/mol. The number of pyridine rings is 1. The number of thiazole rings is 1. The second-order valence-electron chi connectivity index (χ2n) is 5.57. The minimum atomic E-state index is -0.246. The van der Waals surface area contributed by atoms with Crippen LogP contribution in [0.2, 0.25) is 0 Å². The number of carbonyl (C=O) groups is 1. The van der Waals surface area contributed by atoms with E-state index in [-0.39, 0.29) is 5.91 Å². The first-order chi connectivity index (χ1) is 12.0. The fraction of sp³-hybridized carbons (Fsp3) is 0.118. The number of hydrogen-bond donors (Lipinski definition) is 2. The molecule has 0 atom stereocenters. The van der Waals surface area contributed by atoms with Crippen LogP contribution < -0.4 is 11.1 Å². The lowest BCUT2D eigenvalue weighted by Crippen LogP contribution is -2.11. The summed E-state index contributed by atoms with van der Waals surface area (Å²) < 4.78 is 0. The van der Waals surface area contributed by atoms with Gasteiger partial charge in [0.05, 0.1) is 16.3 Å². The number of rotatable bonds is 3. The van der Waals surface area contributed by atoms with Gasteiger partial charge in [0.2, 0.25) is 0 Å². The lowest BCUT2D eigenvalue weighted by molar-refractivity contribution is 0.103. The maximum absolute atomic E-state index is 12.7. The summed E-state index contributed by atoms with van der Waals surface area (Å²) in [6.07, 6.45) is 0. The van der Waals surface area contributed by atoms with Gasteiger partial charge in [-0.3, -0.25) is 10.1 Å². The number of nitrogens with one attached hydrogen (secondary N) is 1. The molecule has 8 heteroatoms. The zero-order valence-electron chi connectivity index (χ0n) is 13.5. The molecule has 0 spiro atoms. The van der Waals surface area contributed by atoms with E-state index in [0.717, 1.165) is 32.0 Å². The van der Waals surface area contributed by atoms with Gasteiger partial charge < -0.3 is 5.73 Å². The molecule has 5 nitrogen and oxygen atoms in total. The first-order valence-electron chi connectivity index (χ1n) is 7.50. The Morgan fingerprint density at radius 3 is 2.84 bits per heavy atom. The highest BCUT2D eigenvalue weighted by molar-refractivity contribution is 7.21. The van der Waals surface area contributed by atoms with Crippen LogP contribution in [0.4, 0.5) is 10.8 Å². The maximum Gasteiger partial charge on any atom is 0.269 e. The third-order valence-corrected chi connectivity index (χ3v) is 6.48. The van der Waals surface area contributed by atoms with E-state index in [0.29, 0.717) is 15.7 Å². The number of nitrogens with two attached hydrogens (primary N) is 1. The highest BCUT2D eigenvalue weighted by Crippen LogP contribution is 2.36. The van der Waals surface area contributed by atoms with Crippen molar-refractivity contribution >= 4 is 61.0 Å². The highest BCUT2D eigenvalue weighted by atomic mass is 32.1. The van der Waals surface area contributed by atoms with Gasteiger partial charge in [-0.15, -0.1) is 34.0 Å². The topological polar surface area (TPSA) is 80.9 Å². The van der Waals surface area contributed by atoms with Crippen LogP contribution in [0, 0.1) is 13.8 Å². The average molecular weight is 387 g/mol. The van der Waals surface area contributed by atoms with E-state index in [9.17, 15) is 4.79 Å². The third kappa shape index (κ3) is 2.92. The summed E-state index contributed by atoms with van der Waals surface area (Å²) in [6, 6.07) is 5.96. The maximum atomic E-state index is 12.7. The summed E-state index contributed by atoms with van der Waals surface area (Å²) in [5.41, 5.74) is 9.52. The molecule has 0 aliphatic rings. The molecule has 25 heavy (non-hydrogen) atoms. The molecule has 126 valence electrons. The summed E-state index contributed by atoms with van der Waals surface area (Å²) in [7, 11) is 0. The summed E-state index contributed by atoms with van der Waals surface area (Å²) in [6.45, 7) is 3.92. The normalized spacial score (nSPS) is 11.1. The van der Waals surface area contributed by atoms with Crippen molar-refractivity contribution < 1.29 is 4.79 Å². The minimum Gasteiger partial charge on any atom is -0.397 e. The standard InChI is InChI=1S/C17H14N4OS3/c1-8-6-9(2)19-16-12(8)13(18)14(25-16)15(22)21-17-20-10(7-24-17)11-4-3-5-23-11/h3-7H,18H2,1-2H3,(H,20,21,22). The molecule has 0 aliphatic carbocycles. The number of carbonyl (C=O) groups excluding carboxylic acids is 1. The molecule has 3 N–H and O–H groups in total. The molecule has 0 saturated carbocycles. The molecular formula is C17H14N4OS3. The van der Waals surface area contributed by atoms with Crippen molar-refractivity contribution in [2.24, 2.45) is 0 Å². The smallest absolute Gasteiger partial charge is 0.269 e. The molecule has 1 amide bonds. The monoisotopic (exact) mass is 386 g/mol. The van der Waals surface area contributed by atoms with Crippen molar-refractivity contribution in [3.8, 4) is 10.6 Å². The van der Waals surface area contributed by atoms with Crippen LogP contribution in [-0.4, -0.2) is 15.9 Å². The molecule has 0 fully saturated rings. The summed E-state index contributed by atoms with van der Waals surface area (Å²) >= 11 is 4.33. The van der Waals surface area contributed by atoms with Crippen molar-refractivity contribution in [1.82, 2.24) is 9.97 Å². The molecule has 4 rings (SSSR count). The van der Waals surface area contributed by atoms with Crippen LogP contribution in [0.3, 0.4) is 0 Å². The van der Waals surface area contributed by atoms with Crippen LogP contribution in [0.1, 0.15) is 20.9 Å². The number of fused-ring (bicyclic) bond motifs is 1. The molecule has 0 aromatic carbocycles. The van der Waals surface area contributed by atoms with Gasteiger partial charge in [-0.25, -0.2) is 9.97 Å². The van der Waals surface area contributed by atoms with Crippen LogP contribution in [-0.2, 0) is 0 Å². The van der Waals surface area contributed by atoms with E-state index in [4.69, 9.17) is 5.73 Å². The number of thiophene rings is 2. The fourth-order valence-electron chi connectivity index (χ4n) is 2.66. The summed E-state index contributed by atoms with van der Waals surface area (Å²) in [5.74, 6) is -0.246. The second-order valence-corrected chi connectivity index (χ2v) is 8.38. The van der Waals surface area contributed by atoms with Crippen LogP contribution in [0.25, 0.3) is 20.8 Å². The van der Waals surface area contributed by atoms with Gasteiger partial charge >= 0.3 is 0 Å². The van der Waals surface area contributed by atoms with Crippen LogP contribution >= 0.6 is 34.0 Å². The van der Waals surface area contributed by atoms with Crippen molar-refractivity contribution in [3.63, 3.8) is 0 Å². The SMILES string of the molecule is Cc1cc(C)c2c(N)c(C(=O)Nc3nc(-c4cccs4)cs3)sc2n1. The molecule has 0 aliphatic heterocycles. The number of amides is 1. The summed E-state index contributed by atoms with van der Waals surface area (Å²) in [4.78, 5) is 24.0. The molecular weight excluding hydrogens is 372 g/mol. The van der Waals surface area contributed by atoms with Crippen LogP contribution in [0.15, 0.2) is 29.0 Å². The van der Waals surface area contributed by atoms with E-state index in [1.54, 1.807) is 11.3 Å². The third-order valence-electron chi connectivity index (χ3n) is 3.73. The number of anilines is 2. The predicted octanol–water partition coefficient (Wildman–Crippen LogP) is 4.93. The van der Waals surface area contributed by atoms with Gasteiger partial charge in [0, 0.05) is 16.5 Å². The van der Waals surface area contributed by atoms with Crippen molar-refractivity contribution in [1.29, 1.82) is 0 Å². The number of hydrogen-bond acceptors (Lipinski definition) is 7. The van der Waals surface area contributed by atoms with Crippen molar-refractivity contribution in [3.05, 3.63) is 45.1 Å². The quantitative estimate of drug-likeness (QED) is 0.523. The van der Waals surface area contributed by atoms with E-state index in [1.165, 1.54) is 22.7 Å². The summed E-state index contributed by atoms with van der Waals surface area (Å²) in [5, 5.41) is 8.21. The van der Waals surface area contributed by atoms with Crippen LogP contribution in [0.5, 0.6) is 0 Å². The Morgan fingerprint density at radius 1 is 1.24 bits per heavy atom. The highest BCUT2D eigenvalue weighted by Gasteiger charge is 2.20. The Balaban J connectivity index is 1.64. The van der Waals surface area contributed by atoms with E-state index < -0.39 is 0 Å². The molecule has 4 aromatic heterocycles. The van der Waals surface area contributed by atoms with E-state index in [2.05, 4.69) is 15.3 Å². The molecule has 4 heterocycles. The average Bonchev–Trinajstić information content (AvgIpc) is 3.26. The molecule has 0 bridgehead atoms. The Kier molecular flexibility index (Phi) is 4.03. The van der Waals surface area contributed by atoms with Gasteiger partial charge in [0.1, 0.15) is 9.71 Å². The first-order valence-corrected chi connectivity index (χ1v) is 10.1. The van der Waals surface area contributed by atoms with E-state index >= 15 is 0 Å². The molecule has 0 saturated heterocycles. The van der Waals surface area contributed by atoms with Gasteiger partial charge in [-0.2, -0.15) is 0 Å². The largest absolute Gasteiger partial charge is 0.397 e. The zero-order valence-corrected chi connectivity index (χ0v) is 15.9. The lowest BCUT2D eigenvalue weighted by Gasteiger charge is -2.01. The Bertz CT molecular complexity index is 1080. The zero-order chi connectivity index (χ0) is 17.6. The number of aromatic nitrogens is 2. The number of nitrogen functional groups attached to an aromatic ring is 1. The van der Waals surface area contributed by atoms with Crippen molar-refractivity contribution in [2.75, 3.05) is 11.1 Å². The van der Waals surface area contributed by atoms with E-state index in [1.807, 2.05) is 42.8 Å². The minimum absolute atomic E-state index is 0.246. The molecule has 0 unspecified atom stereocenters. The lowest BCUT2D eigenvalue weighted by atomic mass is 10.1. The number of aryl methyl sites for hydroxylation is 2.